The van der Waals surface area contributed by atoms with Crippen molar-refractivity contribution in [2.45, 2.75) is 51.9 Å². The van der Waals surface area contributed by atoms with Crippen LogP contribution >= 0.6 is 0 Å². The number of hydrogen-bond acceptors (Lipinski definition) is 1. The van der Waals surface area contributed by atoms with E-state index in [1.54, 1.807) is 0 Å². The van der Waals surface area contributed by atoms with Crippen LogP contribution in [0.3, 0.4) is 0 Å². The molecule has 0 aromatic rings. The van der Waals surface area contributed by atoms with Gasteiger partial charge in [0.1, 0.15) is 0 Å². The van der Waals surface area contributed by atoms with Crippen molar-refractivity contribution in [3.05, 3.63) is 0 Å². The first-order valence-electron chi connectivity index (χ1n) is 4.65. The Hall–Kier alpha value is -0.110. The Kier molecular flexibility index (Phi) is 9.79. The minimum Gasteiger partial charge on any atom is -0.194 e. The van der Waals surface area contributed by atoms with Crippen LogP contribution in [0.5, 0.6) is 0 Å². The van der Waals surface area contributed by atoms with Gasteiger partial charge in [0.15, 0.2) is 0 Å². The van der Waals surface area contributed by atoms with E-state index in [1.165, 1.54) is 32.1 Å². The summed E-state index contributed by atoms with van der Waals surface area (Å²) in [7, 11) is 0. The fraction of sp³-hybridized carbons (Fsp3) is 1.00. The van der Waals surface area contributed by atoms with Gasteiger partial charge in [-0.2, -0.15) is 4.94 Å². The summed E-state index contributed by atoms with van der Waals surface area (Å²) in [5.74, 6) is 0. The summed E-state index contributed by atoms with van der Waals surface area (Å²) >= 11 is 0. The van der Waals surface area contributed by atoms with Crippen LogP contribution in [0.2, 0.25) is 0 Å². The van der Waals surface area contributed by atoms with Crippen LogP contribution in [0.25, 0.3) is 0 Å². The van der Waals surface area contributed by atoms with Gasteiger partial charge in [0.05, 0.1) is 6.61 Å². The van der Waals surface area contributed by atoms with Gasteiger partial charge >= 0.3 is 0 Å². The monoisotopic (exact) mass is 162 g/mol. The molecule has 0 rings (SSSR count). The molecule has 0 atom stereocenters. The highest BCUT2D eigenvalue weighted by Crippen LogP contribution is 2.06. The molecule has 0 saturated heterocycles. The molecule has 1 nitrogen and oxygen atoms in total. The predicted molar refractivity (Wildman–Crippen MR) is 45.1 cm³/mol. The average Bonchev–Trinajstić information content (AvgIpc) is 2.03. The second kappa shape index (κ2) is 9.89. The van der Waals surface area contributed by atoms with Gasteiger partial charge in [-0.05, 0) is 10.9 Å². The molecule has 0 aromatic carbocycles. The summed E-state index contributed by atoms with van der Waals surface area (Å²) in [5.41, 5.74) is 0. The third-order valence-corrected chi connectivity index (χ3v) is 1.83. The van der Waals surface area contributed by atoms with E-state index in [1.807, 2.05) is 0 Å². The van der Waals surface area contributed by atoms with Gasteiger partial charge in [0, 0.05) is 0 Å². The van der Waals surface area contributed by atoms with Crippen LogP contribution in [-0.4, -0.2) is 6.61 Å². The zero-order chi connectivity index (χ0) is 8.36. The number of halogens is 1. The highest BCUT2D eigenvalue weighted by Gasteiger charge is 1.90. The SMILES string of the molecule is CCCCCCCCCOF. The maximum absolute atomic E-state index is 11.1. The van der Waals surface area contributed by atoms with E-state index < -0.39 is 0 Å². The average molecular weight is 162 g/mol. The first-order valence-corrected chi connectivity index (χ1v) is 4.65. The standard InChI is InChI=1S/C9H19FO/c1-2-3-4-5-6-7-8-9-11-10/h2-9H2,1H3. The predicted octanol–water partition coefficient (Wildman–Crippen LogP) is 3.64. The van der Waals surface area contributed by atoms with Crippen LogP contribution in [0.1, 0.15) is 51.9 Å². The molecule has 0 fully saturated rings. The number of rotatable bonds is 8. The zero-order valence-corrected chi connectivity index (χ0v) is 7.44. The van der Waals surface area contributed by atoms with Crippen LogP contribution in [0.4, 0.5) is 4.53 Å². The number of unbranched alkanes of at least 4 members (excludes halogenated alkanes) is 6. The molecule has 0 unspecified atom stereocenters. The second-order valence-electron chi connectivity index (χ2n) is 2.93. The van der Waals surface area contributed by atoms with Crippen molar-refractivity contribution in [1.29, 1.82) is 0 Å². The Morgan fingerprint density at radius 1 is 0.909 bits per heavy atom. The van der Waals surface area contributed by atoms with Crippen molar-refractivity contribution in [1.82, 2.24) is 0 Å². The lowest BCUT2D eigenvalue weighted by atomic mass is 10.1. The molecule has 11 heavy (non-hydrogen) atoms. The van der Waals surface area contributed by atoms with E-state index in [2.05, 4.69) is 11.9 Å². The summed E-state index contributed by atoms with van der Waals surface area (Å²) in [6, 6.07) is 0. The van der Waals surface area contributed by atoms with E-state index >= 15 is 0 Å². The highest BCUT2D eigenvalue weighted by atomic mass is 19.3. The summed E-state index contributed by atoms with van der Waals surface area (Å²) < 4.78 is 11.1. The van der Waals surface area contributed by atoms with Crippen molar-refractivity contribution in [3.63, 3.8) is 0 Å². The van der Waals surface area contributed by atoms with Crippen molar-refractivity contribution < 1.29 is 9.47 Å². The Bertz CT molecular complexity index is 58.6. The Labute approximate surface area is 68.8 Å². The highest BCUT2D eigenvalue weighted by molar-refractivity contribution is 4.43. The molecule has 68 valence electrons. The lowest BCUT2D eigenvalue weighted by molar-refractivity contribution is -0.133. The van der Waals surface area contributed by atoms with Crippen LogP contribution < -0.4 is 0 Å². The van der Waals surface area contributed by atoms with E-state index in [4.69, 9.17) is 0 Å². The first-order chi connectivity index (χ1) is 5.41. The van der Waals surface area contributed by atoms with Gasteiger partial charge < -0.3 is 0 Å². The van der Waals surface area contributed by atoms with Crippen molar-refractivity contribution in [3.8, 4) is 0 Å². The molecule has 0 bridgehead atoms. The second-order valence-corrected chi connectivity index (χ2v) is 2.93. The van der Waals surface area contributed by atoms with Gasteiger partial charge in [-0.3, -0.25) is 0 Å². The molecular weight excluding hydrogens is 143 g/mol. The summed E-state index contributed by atoms with van der Waals surface area (Å²) in [6.45, 7) is 2.48. The van der Waals surface area contributed by atoms with E-state index in [0.29, 0.717) is 0 Å². The van der Waals surface area contributed by atoms with Crippen molar-refractivity contribution in [2.75, 3.05) is 6.61 Å². The molecule has 0 spiro atoms. The summed E-state index contributed by atoms with van der Waals surface area (Å²) in [5, 5.41) is 0. The molecule has 0 aliphatic heterocycles. The molecule has 0 saturated carbocycles. The van der Waals surface area contributed by atoms with Crippen LogP contribution in [-0.2, 0) is 4.94 Å². The molecule has 0 radical (unpaired) electrons. The van der Waals surface area contributed by atoms with E-state index in [9.17, 15) is 4.53 Å². The fourth-order valence-corrected chi connectivity index (χ4v) is 1.11. The van der Waals surface area contributed by atoms with Crippen molar-refractivity contribution >= 4 is 0 Å². The third kappa shape index (κ3) is 9.89. The molecule has 0 aliphatic rings. The Morgan fingerprint density at radius 2 is 1.45 bits per heavy atom. The lowest BCUT2D eigenvalue weighted by Crippen LogP contribution is -1.85. The zero-order valence-electron chi connectivity index (χ0n) is 7.44. The quantitative estimate of drug-likeness (QED) is 0.495. The Morgan fingerprint density at radius 3 is 2.00 bits per heavy atom. The Balaban J connectivity index is 2.69. The minimum absolute atomic E-state index is 0.272. The number of hydrogen-bond donors (Lipinski definition) is 0. The van der Waals surface area contributed by atoms with Crippen molar-refractivity contribution in [2.24, 2.45) is 0 Å². The molecule has 0 N–H and O–H groups in total. The van der Waals surface area contributed by atoms with Gasteiger partial charge in [0.2, 0.25) is 0 Å². The molecule has 0 aromatic heterocycles. The van der Waals surface area contributed by atoms with Crippen LogP contribution in [0.15, 0.2) is 0 Å². The van der Waals surface area contributed by atoms with Gasteiger partial charge in [-0.25, -0.2) is 0 Å². The van der Waals surface area contributed by atoms with Gasteiger partial charge in [0.25, 0.3) is 0 Å². The smallest absolute Gasteiger partial charge is 0.0876 e. The topological polar surface area (TPSA) is 9.23 Å². The van der Waals surface area contributed by atoms with Gasteiger partial charge in [-0.1, -0.05) is 45.4 Å². The molecule has 0 amide bonds. The van der Waals surface area contributed by atoms with E-state index in [-0.39, 0.29) is 6.61 Å². The minimum atomic E-state index is 0.272. The normalized spacial score (nSPS) is 10.4. The molecule has 2 heteroatoms. The fourth-order valence-electron chi connectivity index (χ4n) is 1.11. The first kappa shape index (κ1) is 10.9. The van der Waals surface area contributed by atoms with E-state index in [0.717, 1.165) is 12.8 Å². The lowest BCUT2D eigenvalue weighted by Gasteiger charge is -1.98. The summed E-state index contributed by atoms with van der Waals surface area (Å²) in [4.78, 5) is 3.47. The van der Waals surface area contributed by atoms with Crippen LogP contribution in [0, 0.1) is 0 Å². The van der Waals surface area contributed by atoms with Gasteiger partial charge in [-0.15, -0.1) is 0 Å². The molecular formula is C9H19FO. The summed E-state index contributed by atoms with van der Waals surface area (Å²) in [6.07, 6.45) is 8.43. The molecule has 0 aliphatic carbocycles. The largest absolute Gasteiger partial charge is 0.194 e. The third-order valence-electron chi connectivity index (χ3n) is 1.83. The maximum Gasteiger partial charge on any atom is 0.0876 e. The maximum atomic E-state index is 11.1. The molecule has 0 heterocycles.